The Hall–Kier alpha value is -0.350. The summed E-state index contributed by atoms with van der Waals surface area (Å²) in [6.45, 7) is 1.89. The predicted octanol–water partition coefficient (Wildman–Crippen LogP) is 1.56. The van der Waals surface area contributed by atoms with Crippen LogP contribution in [-0.4, -0.2) is 16.1 Å². The first-order valence-electron chi connectivity index (χ1n) is 4.71. The van der Waals surface area contributed by atoms with E-state index in [1.807, 2.05) is 6.20 Å². The number of hydrogen-bond acceptors (Lipinski definition) is 2. The fourth-order valence-electron chi connectivity index (χ4n) is 1.98. The van der Waals surface area contributed by atoms with Crippen molar-refractivity contribution in [2.45, 2.75) is 25.8 Å². The van der Waals surface area contributed by atoms with Crippen molar-refractivity contribution in [1.29, 1.82) is 0 Å². The Morgan fingerprint density at radius 2 is 2.54 bits per heavy atom. The lowest BCUT2D eigenvalue weighted by atomic mass is 9.93. The Labute approximate surface area is 86.5 Å². The first-order valence-corrected chi connectivity index (χ1v) is 5.50. The van der Waals surface area contributed by atoms with E-state index in [-0.39, 0.29) is 0 Å². The van der Waals surface area contributed by atoms with E-state index < -0.39 is 0 Å². The van der Waals surface area contributed by atoms with Gasteiger partial charge in [0.05, 0.1) is 0 Å². The van der Waals surface area contributed by atoms with E-state index in [9.17, 15) is 0 Å². The zero-order valence-corrected chi connectivity index (χ0v) is 9.13. The minimum Gasteiger partial charge on any atom is -0.330 e. The van der Waals surface area contributed by atoms with Crippen LogP contribution in [-0.2, 0) is 13.0 Å². The van der Waals surface area contributed by atoms with Crippen LogP contribution in [0.2, 0.25) is 0 Å². The van der Waals surface area contributed by atoms with E-state index >= 15 is 0 Å². The van der Waals surface area contributed by atoms with Crippen LogP contribution >= 0.6 is 15.9 Å². The summed E-state index contributed by atoms with van der Waals surface area (Å²) in [7, 11) is 0. The van der Waals surface area contributed by atoms with Gasteiger partial charge in [-0.3, -0.25) is 0 Å². The van der Waals surface area contributed by atoms with Crippen molar-refractivity contribution in [2.24, 2.45) is 11.7 Å². The lowest BCUT2D eigenvalue weighted by Crippen LogP contribution is -2.21. The van der Waals surface area contributed by atoms with Gasteiger partial charge in [-0.25, -0.2) is 4.98 Å². The van der Waals surface area contributed by atoms with Crippen molar-refractivity contribution in [3.8, 4) is 0 Å². The number of hydrogen-bond donors (Lipinski definition) is 1. The van der Waals surface area contributed by atoms with Gasteiger partial charge in [0.2, 0.25) is 0 Å². The summed E-state index contributed by atoms with van der Waals surface area (Å²) in [5, 5.41) is 0. The topological polar surface area (TPSA) is 43.8 Å². The molecule has 0 aromatic carbocycles. The van der Waals surface area contributed by atoms with E-state index in [1.54, 1.807) is 0 Å². The van der Waals surface area contributed by atoms with E-state index in [0.29, 0.717) is 0 Å². The van der Waals surface area contributed by atoms with Gasteiger partial charge in [-0.15, -0.1) is 0 Å². The van der Waals surface area contributed by atoms with E-state index in [2.05, 4.69) is 25.5 Å². The second-order valence-electron chi connectivity index (χ2n) is 3.61. The molecule has 0 saturated carbocycles. The number of fused-ring (bicyclic) bond motifs is 1. The molecule has 1 atom stereocenters. The highest BCUT2D eigenvalue weighted by Crippen LogP contribution is 2.25. The maximum atomic E-state index is 5.55. The van der Waals surface area contributed by atoms with Crippen molar-refractivity contribution in [3.05, 3.63) is 16.6 Å². The SMILES string of the molecule is NCCC1CCn2c(cnc2Br)C1. The molecule has 1 aliphatic rings. The van der Waals surface area contributed by atoms with Crippen LogP contribution in [0, 0.1) is 5.92 Å². The molecule has 0 spiro atoms. The predicted molar refractivity (Wildman–Crippen MR) is 55.4 cm³/mol. The van der Waals surface area contributed by atoms with Gasteiger partial charge >= 0.3 is 0 Å². The third-order valence-corrected chi connectivity index (χ3v) is 3.36. The quantitative estimate of drug-likeness (QED) is 0.857. The summed E-state index contributed by atoms with van der Waals surface area (Å²) < 4.78 is 3.21. The van der Waals surface area contributed by atoms with Crippen LogP contribution in [0.4, 0.5) is 0 Å². The van der Waals surface area contributed by atoms with Crippen LogP contribution in [0.5, 0.6) is 0 Å². The summed E-state index contributed by atoms with van der Waals surface area (Å²) in [6.07, 6.45) is 5.48. The highest BCUT2D eigenvalue weighted by Gasteiger charge is 2.19. The molecule has 1 unspecified atom stereocenters. The fraction of sp³-hybridized carbons (Fsp3) is 0.667. The largest absolute Gasteiger partial charge is 0.330 e. The Morgan fingerprint density at radius 3 is 3.31 bits per heavy atom. The Morgan fingerprint density at radius 1 is 1.69 bits per heavy atom. The summed E-state index contributed by atoms with van der Waals surface area (Å²) in [6, 6.07) is 0. The van der Waals surface area contributed by atoms with E-state index in [0.717, 1.165) is 36.6 Å². The second kappa shape index (κ2) is 3.80. The molecule has 2 heterocycles. The normalized spacial score (nSPS) is 21.5. The van der Waals surface area contributed by atoms with Gasteiger partial charge in [-0.2, -0.15) is 0 Å². The average molecular weight is 244 g/mol. The molecule has 72 valence electrons. The molecule has 1 aromatic rings. The molecule has 13 heavy (non-hydrogen) atoms. The van der Waals surface area contributed by atoms with Crippen LogP contribution in [0.25, 0.3) is 0 Å². The molecule has 0 aliphatic carbocycles. The molecule has 0 amide bonds. The number of nitrogens with zero attached hydrogens (tertiary/aromatic N) is 2. The van der Waals surface area contributed by atoms with Crippen molar-refractivity contribution in [1.82, 2.24) is 9.55 Å². The Kier molecular flexibility index (Phi) is 2.69. The maximum absolute atomic E-state index is 5.55. The van der Waals surface area contributed by atoms with Crippen molar-refractivity contribution >= 4 is 15.9 Å². The molecular formula is C9H14BrN3. The first kappa shape index (κ1) is 9.21. The number of rotatable bonds is 2. The standard InChI is InChI=1S/C9H14BrN3/c10-9-12-6-8-5-7(1-3-11)2-4-13(8)9/h6-7H,1-5,11H2. The van der Waals surface area contributed by atoms with Gasteiger partial charge in [0.25, 0.3) is 0 Å². The number of aromatic nitrogens is 2. The van der Waals surface area contributed by atoms with Gasteiger partial charge in [-0.1, -0.05) is 0 Å². The number of halogens is 1. The van der Waals surface area contributed by atoms with Gasteiger partial charge in [-0.05, 0) is 47.7 Å². The lowest BCUT2D eigenvalue weighted by molar-refractivity contribution is 0.368. The smallest absolute Gasteiger partial charge is 0.177 e. The molecule has 1 aromatic heterocycles. The van der Waals surface area contributed by atoms with Crippen LogP contribution < -0.4 is 5.73 Å². The molecule has 1 aliphatic heterocycles. The summed E-state index contributed by atoms with van der Waals surface area (Å²) in [5.41, 5.74) is 6.90. The van der Waals surface area contributed by atoms with Gasteiger partial charge in [0, 0.05) is 18.4 Å². The van der Waals surface area contributed by atoms with Gasteiger partial charge < -0.3 is 10.3 Å². The highest BCUT2D eigenvalue weighted by atomic mass is 79.9. The first-order chi connectivity index (χ1) is 6.31. The molecule has 2 N–H and O–H groups in total. The van der Waals surface area contributed by atoms with Crippen LogP contribution in [0.1, 0.15) is 18.5 Å². The summed E-state index contributed by atoms with van der Waals surface area (Å²) >= 11 is 3.44. The van der Waals surface area contributed by atoms with Gasteiger partial charge in [0.1, 0.15) is 0 Å². The molecule has 3 nitrogen and oxygen atoms in total. The molecule has 0 radical (unpaired) electrons. The Balaban J connectivity index is 2.11. The molecule has 0 bridgehead atoms. The van der Waals surface area contributed by atoms with Crippen molar-refractivity contribution < 1.29 is 0 Å². The van der Waals surface area contributed by atoms with Crippen LogP contribution in [0.3, 0.4) is 0 Å². The number of imidazole rings is 1. The monoisotopic (exact) mass is 243 g/mol. The second-order valence-corrected chi connectivity index (χ2v) is 4.32. The van der Waals surface area contributed by atoms with Crippen molar-refractivity contribution in [3.63, 3.8) is 0 Å². The molecule has 0 saturated heterocycles. The molecule has 0 fully saturated rings. The van der Waals surface area contributed by atoms with Crippen molar-refractivity contribution in [2.75, 3.05) is 6.54 Å². The maximum Gasteiger partial charge on any atom is 0.177 e. The zero-order chi connectivity index (χ0) is 9.26. The van der Waals surface area contributed by atoms with Gasteiger partial charge in [0.15, 0.2) is 4.73 Å². The zero-order valence-electron chi connectivity index (χ0n) is 7.54. The third-order valence-electron chi connectivity index (χ3n) is 2.72. The summed E-state index contributed by atoms with van der Waals surface area (Å²) in [5.74, 6) is 0.765. The lowest BCUT2D eigenvalue weighted by Gasteiger charge is -2.23. The molecular weight excluding hydrogens is 230 g/mol. The average Bonchev–Trinajstić information content (AvgIpc) is 2.48. The molecule has 4 heteroatoms. The van der Waals surface area contributed by atoms with E-state index in [1.165, 1.54) is 12.1 Å². The van der Waals surface area contributed by atoms with E-state index in [4.69, 9.17) is 5.73 Å². The highest BCUT2D eigenvalue weighted by molar-refractivity contribution is 9.10. The fourth-order valence-corrected chi connectivity index (χ4v) is 2.48. The minimum absolute atomic E-state index is 0.765. The molecule has 2 rings (SSSR count). The Bertz CT molecular complexity index is 295. The summed E-state index contributed by atoms with van der Waals surface area (Å²) in [4.78, 5) is 4.24. The minimum atomic E-state index is 0.765. The van der Waals surface area contributed by atoms with Crippen LogP contribution in [0.15, 0.2) is 10.9 Å². The number of nitrogens with two attached hydrogens (primary N) is 1. The third kappa shape index (κ3) is 1.79.